The number of methoxy groups -OCH3 is 1. The van der Waals surface area contributed by atoms with Crippen LogP contribution in [0.15, 0.2) is 60.8 Å². The molecule has 0 saturated heterocycles. The van der Waals surface area contributed by atoms with Crippen LogP contribution in [-0.4, -0.2) is 41.4 Å². The Balaban J connectivity index is 1.33. The fraction of sp³-hybridized carbons (Fsp3) is 0.233. The van der Waals surface area contributed by atoms with E-state index in [1.807, 2.05) is 26.0 Å². The molecule has 0 aliphatic carbocycles. The minimum absolute atomic E-state index is 0.229. The van der Waals surface area contributed by atoms with Gasteiger partial charge < -0.3 is 14.8 Å². The summed E-state index contributed by atoms with van der Waals surface area (Å²) in [6, 6.07) is 15.6. The lowest BCUT2D eigenvalue weighted by Crippen LogP contribution is -2.38. The second kappa shape index (κ2) is 11.1. The third-order valence-corrected chi connectivity index (χ3v) is 7.59. The number of aromatic nitrogens is 1. The smallest absolute Gasteiger partial charge is 0.261 e. The molecule has 9 heteroatoms. The first-order valence-corrected chi connectivity index (χ1v) is 13.4. The summed E-state index contributed by atoms with van der Waals surface area (Å²) in [4.78, 5) is 31.6. The zero-order chi connectivity index (χ0) is 27.7. The number of carbonyl (C=O) groups is 2. The molecule has 1 atom stereocenters. The van der Waals surface area contributed by atoms with Gasteiger partial charge in [0.1, 0.15) is 5.75 Å². The number of hydrogen-bond donors (Lipinski definition) is 1. The maximum Gasteiger partial charge on any atom is 0.261 e. The van der Waals surface area contributed by atoms with Crippen LogP contribution < -0.4 is 14.8 Å². The number of amides is 2. The minimum Gasteiger partial charge on any atom is -0.493 e. The molecule has 200 valence electrons. The first-order chi connectivity index (χ1) is 18.8. The Morgan fingerprint density at radius 3 is 2.38 bits per heavy atom. The van der Waals surface area contributed by atoms with Gasteiger partial charge in [0.2, 0.25) is 0 Å². The van der Waals surface area contributed by atoms with Crippen molar-refractivity contribution in [3.63, 3.8) is 0 Å². The first-order valence-electron chi connectivity index (χ1n) is 12.6. The van der Waals surface area contributed by atoms with E-state index in [2.05, 4.69) is 10.3 Å². The molecule has 0 radical (unpaired) electrons. The number of halogens is 2. The van der Waals surface area contributed by atoms with E-state index in [0.717, 1.165) is 28.6 Å². The molecule has 0 fully saturated rings. The van der Waals surface area contributed by atoms with Crippen LogP contribution in [-0.2, 0) is 0 Å². The highest BCUT2D eigenvalue weighted by molar-refractivity contribution is 6.42. The van der Waals surface area contributed by atoms with E-state index in [-0.39, 0.29) is 17.9 Å². The first kappa shape index (κ1) is 26.8. The van der Waals surface area contributed by atoms with Crippen LogP contribution >= 0.6 is 23.2 Å². The lowest BCUT2D eigenvalue weighted by Gasteiger charge is -2.23. The Labute approximate surface area is 236 Å². The molecule has 0 spiro atoms. The van der Waals surface area contributed by atoms with Gasteiger partial charge in [0, 0.05) is 30.9 Å². The lowest BCUT2D eigenvalue weighted by atomic mass is 10.1. The average molecular weight is 564 g/mol. The Morgan fingerprint density at radius 1 is 1.00 bits per heavy atom. The Kier molecular flexibility index (Phi) is 7.64. The summed E-state index contributed by atoms with van der Waals surface area (Å²) in [5.74, 6) is 1.12. The van der Waals surface area contributed by atoms with Crippen LogP contribution in [0.25, 0.3) is 10.9 Å². The molecular weight excluding hydrogens is 537 g/mol. The van der Waals surface area contributed by atoms with Gasteiger partial charge in [-0.15, -0.1) is 0 Å². The molecule has 2 heterocycles. The van der Waals surface area contributed by atoms with Crippen molar-refractivity contribution < 1.29 is 19.1 Å². The van der Waals surface area contributed by atoms with Gasteiger partial charge in [0.25, 0.3) is 11.8 Å². The van der Waals surface area contributed by atoms with Gasteiger partial charge >= 0.3 is 0 Å². The highest BCUT2D eigenvalue weighted by Crippen LogP contribution is 2.44. The molecule has 1 N–H and O–H groups in total. The number of aryl methyl sites for hydroxylation is 1. The fourth-order valence-corrected chi connectivity index (χ4v) is 5.13. The number of benzene rings is 3. The number of anilines is 1. The second-order valence-electron chi connectivity index (χ2n) is 9.43. The molecule has 2 amide bonds. The van der Waals surface area contributed by atoms with Crippen LogP contribution in [0.5, 0.6) is 17.2 Å². The van der Waals surface area contributed by atoms with E-state index in [1.165, 1.54) is 4.90 Å². The van der Waals surface area contributed by atoms with Gasteiger partial charge in [0.05, 0.1) is 44.9 Å². The highest BCUT2D eigenvalue weighted by atomic mass is 35.5. The molecule has 5 rings (SSSR count). The van der Waals surface area contributed by atoms with Crippen LogP contribution in [0.1, 0.15) is 46.0 Å². The maximum absolute atomic E-state index is 12.8. The van der Waals surface area contributed by atoms with Crippen molar-refractivity contribution in [3.05, 3.63) is 87.5 Å². The Bertz CT molecular complexity index is 1560. The van der Waals surface area contributed by atoms with Crippen molar-refractivity contribution in [1.29, 1.82) is 0 Å². The summed E-state index contributed by atoms with van der Waals surface area (Å²) in [5, 5.41) is 5.10. The van der Waals surface area contributed by atoms with Gasteiger partial charge in [-0.2, -0.15) is 0 Å². The summed E-state index contributed by atoms with van der Waals surface area (Å²) in [5.41, 5.74) is 3.43. The van der Waals surface area contributed by atoms with Crippen molar-refractivity contribution in [2.45, 2.75) is 32.7 Å². The molecule has 1 aliphatic heterocycles. The quantitative estimate of drug-likeness (QED) is 0.167. The van der Waals surface area contributed by atoms with Crippen LogP contribution in [0, 0.1) is 6.92 Å². The van der Waals surface area contributed by atoms with Crippen LogP contribution in [0.2, 0.25) is 10.0 Å². The number of pyridine rings is 1. The normalized spacial score (nSPS) is 13.5. The standard InChI is InChI=1S/C30H27Cl2N3O4/c1-17-12-14-34-27-24(16-25(38-3)28(26(17)27)39-19-10-11-22(31)23(32)15-19)33-13-6-7-18(2)35-29(36)20-8-4-5-9-21(20)30(35)37/h4-5,8-12,14-16,18,33H,6-7,13H2,1-3H3. The van der Waals surface area contributed by atoms with Crippen molar-refractivity contribution in [2.24, 2.45) is 0 Å². The largest absolute Gasteiger partial charge is 0.493 e. The number of nitrogens with one attached hydrogen (secondary N) is 1. The second-order valence-corrected chi connectivity index (χ2v) is 10.2. The minimum atomic E-state index is -0.232. The zero-order valence-corrected chi connectivity index (χ0v) is 23.3. The molecule has 7 nitrogen and oxygen atoms in total. The summed E-state index contributed by atoms with van der Waals surface area (Å²) < 4.78 is 11.9. The number of hydrogen-bond acceptors (Lipinski definition) is 6. The summed E-state index contributed by atoms with van der Waals surface area (Å²) in [6.07, 6.45) is 3.13. The molecule has 4 aromatic rings. The number of ether oxygens (including phenoxy) is 2. The SMILES string of the molecule is COc1cc(NCCCC(C)N2C(=O)c3ccccc3C2=O)c2nccc(C)c2c1Oc1ccc(Cl)c(Cl)c1. The van der Waals surface area contributed by atoms with Gasteiger partial charge in [0.15, 0.2) is 11.5 Å². The summed E-state index contributed by atoms with van der Waals surface area (Å²) >= 11 is 12.3. The third kappa shape index (κ3) is 5.12. The zero-order valence-electron chi connectivity index (χ0n) is 21.8. The van der Waals surface area contributed by atoms with Gasteiger partial charge in [-0.25, -0.2) is 0 Å². The van der Waals surface area contributed by atoms with E-state index in [9.17, 15) is 9.59 Å². The number of carbonyl (C=O) groups excluding carboxylic acids is 2. The molecule has 1 aliphatic rings. The Hall–Kier alpha value is -3.81. The molecule has 0 saturated carbocycles. The number of rotatable bonds is 9. The summed E-state index contributed by atoms with van der Waals surface area (Å²) in [7, 11) is 1.59. The van der Waals surface area contributed by atoms with E-state index in [0.29, 0.717) is 51.4 Å². The van der Waals surface area contributed by atoms with Crippen molar-refractivity contribution in [1.82, 2.24) is 9.88 Å². The molecule has 1 aromatic heterocycles. The third-order valence-electron chi connectivity index (χ3n) is 6.85. The predicted octanol–water partition coefficient (Wildman–Crippen LogP) is 7.53. The Morgan fingerprint density at radius 2 is 1.72 bits per heavy atom. The van der Waals surface area contributed by atoms with E-state index >= 15 is 0 Å². The monoisotopic (exact) mass is 563 g/mol. The number of imide groups is 1. The molecule has 39 heavy (non-hydrogen) atoms. The molecule has 0 bridgehead atoms. The fourth-order valence-electron chi connectivity index (χ4n) is 4.84. The van der Waals surface area contributed by atoms with Gasteiger partial charge in [-0.1, -0.05) is 35.3 Å². The predicted molar refractivity (Wildman–Crippen MR) is 154 cm³/mol. The van der Waals surface area contributed by atoms with Crippen molar-refractivity contribution in [3.8, 4) is 17.2 Å². The van der Waals surface area contributed by atoms with Crippen molar-refractivity contribution >= 4 is 51.6 Å². The van der Waals surface area contributed by atoms with Crippen LogP contribution in [0.4, 0.5) is 5.69 Å². The molecule has 1 unspecified atom stereocenters. The van der Waals surface area contributed by atoms with E-state index in [1.54, 1.807) is 55.8 Å². The lowest BCUT2D eigenvalue weighted by molar-refractivity contribution is 0.0589. The topological polar surface area (TPSA) is 80.8 Å². The van der Waals surface area contributed by atoms with Gasteiger partial charge in [-0.05, 0) is 62.6 Å². The summed E-state index contributed by atoms with van der Waals surface area (Å²) in [6.45, 7) is 4.49. The van der Waals surface area contributed by atoms with Gasteiger partial charge in [-0.3, -0.25) is 19.5 Å². The molecular formula is C30H27Cl2N3O4. The number of nitrogens with zero attached hydrogens (tertiary/aromatic N) is 2. The van der Waals surface area contributed by atoms with Crippen LogP contribution in [0.3, 0.4) is 0 Å². The maximum atomic E-state index is 12.8. The molecule has 3 aromatic carbocycles. The average Bonchev–Trinajstić information content (AvgIpc) is 3.19. The highest BCUT2D eigenvalue weighted by Gasteiger charge is 2.37. The number of fused-ring (bicyclic) bond motifs is 2. The van der Waals surface area contributed by atoms with Crippen molar-refractivity contribution in [2.75, 3.05) is 19.0 Å². The van der Waals surface area contributed by atoms with E-state index in [4.69, 9.17) is 32.7 Å². The van der Waals surface area contributed by atoms with E-state index < -0.39 is 0 Å².